The van der Waals surface area contributed by atoms with Crippen LogP contribution < -0.4 is 4.80 Å². The molecule has 1 N–H and O–H groups in total. The average molecular weight is 143 g/mol. The fourth-order valence-corrected chi connectivity index (χ4v) is 1.14. The molecule has 0 aromatic carbocycles. The topological polar surface area (TPSA) is 41.7 Å². The number of aryl methyl sites for hydroxylation is 1. The molecule has 4 heteroatoms. The molecule has 0 aliphatic heterocycles. The molecule has 0 atom stereocenters. The number of nitrogens with zero attached hydrogens (tertiary/aromatic N) is 2. The highest BCUT2D eigenvalue weighted by Gasteiger charge is 1.89. The molecule has 1 rings (SSSR count). The van der Waals surface area contributed by atoms with Gasteiger partial charge >= 0.3 is 0 Å². The standard InChI is InChI=1S/C5H9N3S/c1-2-3-8-5(6)9-4-7-8/h4,6H,2-3H2,1H3. The molecule has 0 fully saturated rings. The predicted octanol–water partition coefficient (Wildman–Crippen LogP) is 0.834. The van der Waals surface area contributed by atoms with Crippen LogP contribution in [0.5, 0.6) is 0 Å². The van der Waals surface area contributed by atoms with Crippen molar-refractivity contribution in [3.8, 4) is 0 Å². The molecule has 9 heavy (non-hydrogen) atoms. The lowest BCUT2D eigenvalue weighted by Crippen LogP contribution is -2.13. The molecule has 0 aliphatic carbocycles. The molecule has 0 saturated heterocycles. The number of rotatable bonds is 2. The zero-order valence-electron chi connectivity index (χ0n) is 5.29. The maximum Gasteiger partial charge on any atom is 0.199 e. The van der Waals surface area contributed by atoms with Gasteiger partial charge in [-0.3, -0.25) is 5.41 Å². The third kappa shape index (κ3) is 1.38. The summed E-state index contributed by atoms with van der Waals surface area (Å²) >= 11 is 1.36. The van der Waals surface area contributed by atoms with Gasteiger partial charge in [0.1, 0.15) is 5.51 Å². The van der Waals surface area contributed by atoms with Crippen LogP contribution in [0, 0.1) is 5.41 Å². The number of nitrogens with one attached hydrogen (secondary N) is 1. The Balaban J connectivity index is 2.81. The van der Waals surface area contributed by atoms with Crippen molar-refractivity contribution in [2.75, 3.05) is 0 Å². The van der Waals surface area contributed by atoms with E-state index < -0.39 is 0 Å². The second kappa shape index (κ2) is 2.77. The van der Waals surface area contributed by atoms with Crippen LogP contribution in [0.25, 0.3) is 0 Å². The van der Waals surface area contributed by atoms with E-state index in [9.17, 15) is 0 Å². The molecule has 1 aromatic rings. The van der Waals surface area contributed by atoms with Crippen LogP contribution in [0.3, 0.4) is 0 Å². The van der Waals surface area contributed by atoms with Crippen molar-refractivity contribution >= 4 is 11.3 Å². The van der Waals surface area contributed by atoms with E-state index in [1.165, 1.54) is 11.3 Å². The first-order valence-electron chi connectivity index (χ1n) is 2.89. The van der Waals surface area contributed by atoms with Crippen molar-refractivity contribution in [2.24, 2.45) is 0 Å². The fraction of sp³-hybridized carbons (Fsp3) is 0.600. The lowest BCUT2D eigenvalue weighted by Gasteiger charge is -1.92. The van der Waals surface area contributed by atoms with E-state index in [0.29, 0.717) is 4.80 Å². The Kier molecular flexibility index (Phi) is 2.00. The number of aromatic nitrogens is 2. The Hall–Kier alpha value is -0.640. The van der Waals surface area contributed by atoms with Crippen LogP contribution in [0.2, 0.25) is 0 Å². The van der Waals surface area contributed by atoms with Gasteiger partial charge in [-0.1, -0.05) is 18.3 Å². The van der Waals surface area contributed by atoms with Gasteiger partial charge in [0.25, 0.3) is 0 Å². The summed E-state index contributed by atoms with van der Waals surface area (Å²) in [6.45, 7) is 2.94. The van der Waals surface area contributed by atoms with Gasteiger partial charge in [-0.05, 0) is 6.42 Å². The van der Waals surface area contributed by atoms with Crippen LogP contribution in [-0.4, -0.2) is 9.78 Å². The fourth-order valence-electron chi connectivity index (χ4n) is 0.615. The molecule has 1 aromatic heterocycles. The first kappa shape index (κ1) is 6.48. The highest BCUT2D eigenvalue weighted by molar-refractivity contribution is 7.06. The minimum atomic E-state index is 0.539. The van der Waals surface area contributed by atoms with E-state index >= 15 is 0 Å². The van der Waals surface area contributed by atoms with E-state index in [-0.39, 0.29) is 0 Å². The van der Waals surface area contributed by atoms with Crippen LogP contribution >= 0.6 is 11.3 Å². The molecule has 0 radical (unpaired) electrons. The lowest BCUT2D eigenvalue weighted by atomic mass is 10.5. The van der Waals surface area contributed by atoms with Gasteiger partial charge in [0.05, 0.1) is 0 Å². The normalized spacial score (nSPS) is 9.89. The molecule has 0 bridgehead atoms. The van der Waals surface area contributed by atoms with Crippen molar-refractivity contribution in [1.82, 2.24) is 9.78 Å². The van der Waals surface area contributed by atoms with Gasteiger partial charge < -0.3 is 0 Å². The SMILES string of the molecule is CCCn1ncsc1=N. The van der Waals surface area contributed by atoms with Crippen molar-refractivity contribution in [1.29, 1.82) is 5.41 Å². The van der Waals surface area contributed by atoms with Crippen LogP contribution in [0.1, 0.15) is 13.3 Å². The van der Waals surface area contributed by atoms with Crippen molar-refractivity contribution in [3.05, 3.63) is 10.3 Å². The summed E-state index contributed by atoms with van der Waals surface area (Å²) in [6.07, 6.45) is 1.04. The Labute approximate surface area is 57.5 Å². The second-order valence-corrected chi connectivity index (χ2v) is 2.60. The smallest absolute Gasteiger partial charge is 0.199 e. The van der Waals surface area contributed by atoms with E-state index in [0.717, 1.165) is 13.0 Å². The maximum atomic E-state index is 7.27. The zero-order chi connectivity index (χ0) is 6.69. The Morgan fingerprint density at radius 1 is 1.89 bits per heavy atom. The summed E-state index contributed by atoms with van der Waals surface area (Å²) in [5.41, 5.74) is 1.69. The first-order valence-corrected chi connectivity index (χ1v) is 3.77. The first-order chi connectivity index (χ1) is 4.34. The van der Waals surface area contributed by atoms with Crippen LogP contribution in [0.4, 0.5) is 0 Å². The van der Waals surface area contributed by atoms with Crippen LogP contribution in [-0.2, 0) is 6.54 Å². The lowest BCUT2D eigenvalue weighted by molar-refractivity contribution is 0.575. The molecule has 0 unspecified atom stereocenters. The summed E-state index contributed by atoms with van der Waals surface area (Å²) in [6, 6.07) is 0. The summed E-state index contributed by atoms with van der Waals surface area (Å²) in [4.78, 5) is 0.539. The van der Waals surface area contributed by atoms with E-state index in [1.807, 2.05) is 0 Å². The zero-order valence-corrected chi connectivity index (χ0v) is 6.11. The summed E-state index contributed by atoms with van der Waals surface area (Å²) in [5, 5.41) is 11.2. The molecule has 0 saturated carbocycles. The molecular weight excluding hydrogens is 134 g/mol. The largest absolute Gasteiger partial charge is 0.274 e. The van der Waals surface area contributed by atoms with Gasteiger partial charge in [-0.2, -0.15) is 5.10 Å². The molecule has 1 heterocycles. The van der Waals surface area contributed by atoms with Gasteiger partial charge in [0.2, 0.25) is 0 Å². The number of hydrogen-bond acceptors (Lipinski definition) is 3. The molecule has 0 aliphatic rings. The highest BCUT2D eigenvalue weighted by Crippen LogP contribution is 1.84. The average Bonchev–Trinajstić information content (AvgIpc) is 2.18. The third-order valence-electron chi connectivity index (χ3n) is 1.02. The molecular formula is C5H9N3S. The highest BCUT2D eigenvalue weighted by atomic mass is 32.1. The third-order valence-corrected chi connectivity index (χ3v) is 1.65. The summed E-state index contributed by atoms with van der Waals surface area (Å²) in [7, 11) is 0. The van der Waals surface area contributed by atoms with Gasteiger partial charge in [0.15, 0.2) is 4.80 Å². The van der Waals surface area contributed by atoms with Crippen LogP contribution in [0.15, 0.2) is 5.51 Å². The number of hydrogen-bond donors (Lipinski definition) is 1. The van der Waals surface area contributed by atoms with Crippen molar-refractivity contribution < 1.29 is 0 Å². The Bertz CT molecular complexity index is 224. The van der Waals surface area contributed by atoms with E-state index in [1.54, 1.807) is 10.2 Å². The summed E-state index contributed by atoms with van der Waals surface area (Å²) in [5.74, 6) is 0. The predicted molar refractivity (Wildman–Crippen MR) is 36.2 cm³/mol. The van der Waals surface area contributed by atoms with Gasteiger partial charge in [-0.25, -0.2) is 4.68 Å². The Morgan fingerprint density at radius 3 is 3.11 bits per heavy atom. The maximum absolute atomic E-state index is 7.27. The minimum Gasteiger partial charge on any atom is -0.274 e. The van der Waals surface area contributed by atoms with Crippen molar-refractivity contribution in [2.45, 2.75) is 19.9 Å². The Morgan fingerprint density at radius 2 is 2.67 bits per heavy atom. The van der Waals surface area contributed by atoms with Crippen molar-refractivity contribution in [3.63, 3.8) is 0 Å². The molecule has 50 valence electrons. The quantitative estimate of drug-likeness (QED) is 0.654. The summed E-state index contributed by atoms with van der Waals surface area (Å²) < 4.78 is 1.70. The van der Waals surface area contributed by atoms with E-state index in [4.69, 9.17) is 5.41 Å². The van der Waals surface area contributed by atoms with Gasteiger partial charge in [0, 0.05) is 6.54 Å². The molecule has 0 amide bonds. The van der Waals surface area contributed by atoms with E-state index in [2.05, 4.69) is 12.0 Å². The second-order valence-electron chi connectivity index (χ2n) is 1.77. The minimum absolute atomic E-state index is 0.539. The van der Waals surface area contributed by atoms with Gasteiger partial charge in [-0.15, -0.1) is 0 Å². The monoisotopic (exact) mass is 143 g/mol. The molecule has 3 nitrogen and oxygen atoms in total. The molecule has 0 spiro atoms.